The number of anilines is 1. The second-order valence-corrected chi connectivity index (χ2v) is 5.98. The highest BCUT2D eigenvalue weighted by molar-refractivity contribution is 6.05. The highest BCUT2D eigenvalue weighted by atomic mass is 16.3. The molecule has 5 nitrogen and oxygen atoms in total. The van der Waals surface area contributed by atoms with Crippen LogP contribution in [0, 0.1) is 6.92 Å². The Kier molecular flexibility index (Phi) is 3.16. The molecule has 120 valence electrons. The molecule has 2 aromatic heterocycles. The number of hydrogen-bond donors (Lipinski definition) is 0. The minimum atomic E-state index is -0.220. The third-order valence-electron chi connectivity index (χ3n) is 4.25. The van der Waals surface area contributed by atoms with Gasteiger partial charge in [-0.2, -0.15) is 0 Å². The van der Waals surface area contributed by atoms with Crippen LogP contribution < -0.4 is 4.90 Å². The average Bonchev–Trinajstić information content (AvgIpc) is 3.15. The molecular weight excluding hydrogens is 302 g/mol. The molecule has 0 saturated heterocycles. The topological polar surface area (TPSA) is 51.3 Å². The van der Waals surface area contributed by atoms with Crippen molar-refractivity contribution >= 4 is 33.9 Å². The van der Waals surface area contributed by atoms with E-state index in [9.17, 15) is 4.79 Å². The number of para-hydroxylation sites is 2. The van der Waals surface area contributed by atoms with Crippen LogP contribution in [0.3, 0.4) is 0 Å². The Balaban J connectivity index is 1.75. The molecular formula is C19H17N3O2. The first-order valence-electron chi connectivity index (χ1n) is 7.74. The number of hydrogen-bond acceptors (Lipinski definition) is 3. The molecule has 0 spiro atoms. The van der Waals surface area contributed by atoms with Gasteiger partial charge in [0, 0.05) is 19.5 Å². The molecule has 24 heavy (non-hydrogen) atoms. The zero-order chi connectivity index (χ0) is 16.8. The Morgan fingerprint density at radius 1 is 1.17 bits per heavy atom. The van der Waals surface area contributed by atoms with Gasteiger partial charge in [0.1, 0.15) is 5.58 Å². The lowest BCUT2D eigenvalue weighted by molar-refractivity contribution is 0.0966. The molecule has 0 atom stereocenters. The van der Waals surface area contributed by atoms with Gasteiger partial charge in [0.2, 0.25) is 5.95 Å². The number of rotatable bonds is 2. The number of aryl methyl sites for hydroxylation is 2. The molecule has 2 aromatic carbocycles. The molecule has 5 heteroatoms. The fraction of sp³-hybridized carbons (Fsp3) is 0.158. The molecule has 0 N–H and O–H groups in total. The van der Waals surface area contributed by atoms with E-state index in [4.69, 9.17) is 4.42 Å². The lowest BCUT2D eigenvalue weighted by atomic mass is 10.2. The summed E-state index contributed by atoms with van der Waals surface area (Å²) in [5.74, 6) is 0.672. The van der Waals surface area contributed by atoms with E-state index in [1.807, 2.05) is 61.0 Å². The highest BCUT2D eigenvalue weighted by Gasteiger charge is 2.22. The zero-order valence-electron chi connectivity index (χ0n) is 13.8. The number of aromatic nitrogens is 2. The molecule has 2 heterocycles. The molecule has 0 aliphatic heterocycles. The number of furan rings is 1. The third kappa shape index (κ3) is 2.17. The monoisotopic (exact) mass is 319 g/mol. The minimum Gasteiger partial charge on any atom is -0.451 e. The van der Waals surface area contributed by atoms with Crippen LogP contribution >= 0.6 is 0 Å². The maximum Gasteiger partial charge on any atom is 0.296 e. The van der Waals surface area contributed by atoms with Crippen molar-refractivity contribution in [2.45, 2.75) is 6.92 Å². The van der Waals surface area contributed by atoms with Crippen LogP contribution in [0.15, 0.2) is 52.9 Å². The summed E-state index contributed by atoms with van der Waals surface area (Å²) in [7, 11) is 3.61. The number of carbonyl (C=O) groups is 1. The number of fused-ring (bicyclic) bond motifs is 2. The van der Waals surface area contributed by atoms with E-state index in [0.29, 0.717) is 17.3 Å². The molecule has 0 fully saturated rings. The van der Waals surface area contributed by atoms with Crippen LogP contribution in [-0.2, 0) is 7.05 Å². The van der Waals surface area contributed by atoms with Crippen molar-refractivity contribution in [2.24, 2.45) is 7.05 Å². The van der Waals surface area contributed by atoms with Gasteiger partial charge in [-0.15, -0.1) is 0 Å². The second kappa shape index (κ2) is 5.23. The van der Waals surface area contributed by atoms with E-state index < -0.39 is 0 Å². The molecule has 0 aliphatic carbocycles. The number of amides is 1. The molecule has 1 amide bonds. The third-order valence-corrected chi connectivity index (χ3v) is 4.25. The van der Waals surface area contributed by atoms with Crippen LogP contribution in [0.1, 0.15) is 16.1 Å². The zero-order valence-corrected chi connectivity index (χ0v) is 13.8. The van der Waals surface area contributed by atoms with Gasteiger partial charge in [0.05, 0.1) is 11.0 Å². The molecule has 0 bridgehead atoms. The van der Waals surface area contributed by atoms with E-state index >= 15 is 0 Å². The molecule has 0 radical (unpaired) electrons. The number of benzene rings is 2. The van der Waals surface area contributed by atoms with E-state index in [1.54, 1.807) is 13.1 Å². The average molecular weight is 319 g/mol. The first-order chi connectivity index (χ1) is 11.5. The summed E-state index contributed by atoms with van der Waals surface area (Å²) in [6, 6.07) is 15.4. The van der Waals surface area contributed by atoms with Gasteiger partial charge in [0.25, 0.3) is 5.91 Å². The summed E-state index contributed by atoms with van der Waals surface area (Å²) in [4.78, 5) is 18.9. The van der Waals surface area contributed by atoms with Crippen molar-refractivity contribution in [1.29, 1.82) is 0 Å². The van der Waals surface area contributed by atoms with Gasteiger partial charge in [-0.3, -0.25) is 9.69 Å². The first kappa shape index (κ1) is 14.5. The van der Waals surface area contributed by atoms with Crippen molar-refractivity contribution in [1.82, 2.24) is 9.55 Å². The van der Waals surface area contributed by atoms with Crippen molar-refractivity contribution in [3.8, 4) is 0 Å². The lowest BCUT2D eigenvalue weighted by Crippen LogP contribution is -2.28. The summed E-state index contributed by atoms with van der Waals surface area (Å²) in [5, 5.41) is 0.928. The normalized spacial score (nSPS) is 11.3. The van der Waals surface area contributed by atoms with E-state index in [2.05, 4.69) is 4.98 Å². The van der Waals surface area contributed by atoms with Crippen LogP contribution in [0.5, 0.6) is 0 Å². The Hall–Kier alpha value is -3.08. The fourth-order valence-corrected chi connectivity index (χ4v) is 2.96. The van der Waals surface area contributed by atoms with Crippen LogP contribution in [-0.4, -0.2) is 22.5 Å². The van der Waals surface area contributed by atoms with Gasteiger partial charge in [-0.1, -0.05) is 23.8 Å². The predicted octanol–water partition coefficient (Wildman–Crippen LogP) is 3.90. The van der Waals surface area contributed by atoms with Crippen molar-refractivity contribution < 1.29 is 9.21 Å². The van der Waals surface area contributed by atoms with E-state index in [0.717, 1.165) is 22.0 Å². The molecule has 0 unspecified atom stereocenters. The van der Waals surface area contributed by atoms with Crippen molar-refractivity contribution in [3.63, 3.8) is 0 Å². The predicted molar refractivity (Wildman–Crippen MR) is 94.4 cm³/mol. The fourth-order valence-electron chi connectivity index (χ4n) is 2.96. The molecule has 4 aromatic rings. The van der Waals surface area contributed by atoms with Crippen molar-refractivity contribution in [3.05, 3.63) is 59.9 Å². The van der Waals surface area contributed by atoms with Crippen LogP contribution in [0.4, 0.5) is 5.95 Å². The largest absolute Gasteiger partial charge is 0.451 e. The summed E-state index contributed by atoms with van der Waals surface area (Å²) in [6.45, 7) is 2.01. The first-order valence-corrected chi connectivity index (χ1v) is 7.74. The van der Waals surface area contributed by atoms with Crippen LogP contribution in [0.25, 0.3) is 22.0 Å². The summed E-state index contributed by atoms with van der Waals surface area (Å²) >= 11 is 0. The van der Waals surface area contributed by atoms with Crippen molar-refractivity contribution in [2.75, 3.05) is 11.9 Å². The van der Waals surface area contributed by atoms with Crippen LogP contribution in [0.2, 0.25) is 0 Å². The number of imidazole rings is 1. The molecule has 0 aliphatic rings. The maximum atomic E-state index is 12.8. The van der Waals surface area contributed by atoms with E-state index in [1.165, 1.54) is 4.90 Å². The standard InChI is InChI=1S/C19H17N3O2/c1-12-8-9-16-13(10-12)11-17(24-16)18(23)22(3)19-20-14-6-4-5-7-15(14)21(19)2/h4-11H,1-3H3. The smallest absolute Gasteiger partial charge is 0.296 e. The van der Waals surface area contributed by atoms with Gasteiger partial charge in [0.15, 0.2) is 5.76 Å². The van der Waals surface area contributed by atoms with E-state index in [-0.39, 0.29) is 5.91 Å². The Bertz CT molecular complexity index is 1070. The summed E-state index contributed by atoms with van der Waals surface area (Å²) in [5.41, 5.74) is 3.68. The minimum absolute atomic E-state index is 0.220. The second-order valence-electron chi connectivity index (χ2n) is 5.98. The lowest BCUT2D eigenvalue weighted by Gasteiger charge is -2.14. The Labute approximate surface area is 139 Å². The molecule has 0 saturated carbocycles. The number of carbonyl (C=O) groups excluding carboxylic acids is 1. The van der Waals surface area contributed by atoms with Gasteiger partial charge < -0.3 is 8.98 Å². The maximum absolute atomic E-state index is 12.8. The Morgan fingerprint density at radius 2 is 1.96 bits per heavy atom. The Morgan fingerprint density at radius 3 is 2.75 bits per heavy atom. The summed E-state index contributed by atoms with van der Waals surface area (Å²) < 4.78 is 7.62. The summed E-state index contributed by atoms with van der Waals surface area (Å²) in [6.07, 6.45) is 0. The highest BCUT2D eigenvalue weighted by Crippen LogP contribution is 2.25. The number of nitrogens with zero attached hydrogens (tertiary/aromatic N) is 3. The van der Waals surface area contributed by atoms with Gasteiger partial charge in [-0.05, 0) is 37.3 Å². The van der Waals surface area contributed by atoms with Gasteiger partial charge in [-0.25, -0.2) is 4.98 Å². The SMILES string of the molecule is Cc1ccc2oc(C(=O)N(C)c3nc4ccccc4n3C)cc2c1. The quantitative estimate of drug-likeness (QED) is 0.563. The van der Waals surface area contributed by atoms with Gasteiger partial charge >= 0.3 is 0 Å². The molecule has 4 rings (SSSR count).